The lowest BCUT2D eigenvalue weighted by molar-refractivity contribution is 0.0868. The van der Waals surface area contributed by atoms with E-state index in [0.717, 1.165) is 10.6 Å². The van der Waals surface area contributed by atoms with Crippen LogP contribution < -0.4 is 5.32 Å². The average Bonchev–Trinajstić information content (AvgIpc) is 2.92. The molecule has 5 nitrogen and oxygen atoms in total. The number of carbonyl (C=O) groups excluding carboxylic acids is 1. The van der Waals surface area contributed by atoms with Gasteiger partial charge < -0.3 is 5.32 Å². The van der Waals surface area contributed by atoms with Crippen LogP contribution >= 0.6 is 34.8 Å². The molecule has 0 saturated carbocycles. The number of aryl methyl sites for hydroxylation is 1. The lowest BCUT2D eigenvalue weighted by Crippen LogP contribution is -2.15. The number of anilines is 1. The van der Waals surface area contributed by atoms with E-state index in [2.05, 4.69) is 15.4 Å². The molecule has 0 aliphatic heterocycles. The first-order chi connectivity index (χ1) is 11.7. The molecule has 3 rings (SSSR count). The number of aromatic nitrogens is 3. The summed E-state index contributed by atoms with van der Waals surface area (Å²) in [5, 5.41) is 3.16. The number of alkyl halides is 3. The summed E-state index contributed by atoms with van der Waals surface area (Å²) in [6.45, 7) is 1.53. The zero-order valence-corrected chi connectivity index (χ0v) is 14.8. The van der Waals surface area contributed by atoms with Crippen molar-refractivity contribution in [3.05, 3.63) is 57.5 Å². The van der Waals surface area contributed by atoms with Crippen LogP contribution in [0.2, 0.25) is 10.0 Å². The fourth-order valence-corrected chi connectivity index (χ4v) is 2.83. The monoisotopic (exact) mass is 404 g/mol. The van der Waals surface area contributed by atoms with Gasteiger partial charge in [-0.3, -0.25) is 4.79 Å². The van der Waals surface area contributed by atoms with Gasteiger partial charge >= 0.3 is 5.38 Å². The number of hydrogen-bond donors (Lipinski definition) is 1. The Bertz CT molecular complexity index is 965. The minimum Gasteiger partial charge on any atom is -0.318 e. The minimum atomic E-state index is -3.67. The quantitative estimate of drug-likeness (QED) is 0.632. The maximum atomic E-state index is 13.6. The van der Waals surface area contributed by atoms with E-state index in [1.807, 2.05) is 0 Å². The van der Waals surface area contributed by atoms with Gasteiger partial charge in [0.05, 0.1) is 15.7 Å². The van der Waals surface area contributed by atoms with Crippen LogP contribution in [0.25, 0.3) is 5.65 Å². The SMILES string of the molecule is Cc1cc(C(F)(F)Cl)n2nc(C(=O)Nc3c(Cl)cccc3Cl)cc2n1. The number of hydrogen-bond acceptors (Lipinski definition) is 3. The van der Waals surface area contributed by atoms with E-state index in [-0.39, 0.29) is 27.1 Å². The molecule has 0 atom stereocenters. The largest absolute Gasteiger partial charge is 0.364 e. The van der Waals surface area contributed by atoms with Gasteiger partial charge in [-0.2, -0.15) is 13.9 Å². The fraction of sp³-hybridized carbons (Fsp3) is 0.133. The summed E-state index contributed by atoms with van der Waals surface area (Å²) >= 11 is 17.1. The van der Waals surface area contributed by atoms with Crippen LogP contribution in [0.5, 0.6) is 0 Å². The zero-order chi connectivity index (χ0) is 18.4. The summed E-state index contributed by atoms with van der Waals surface area (Å²) in [6.07, 6.45) is 0. The Balaban J connectivity index is 2.04. The third-order valence-corrected chi connectivity index (χ3v) is 4.10. The molecule has 2 heterocycles. The van der Waals surface area contributed by atoms with Crippen molar-refractivity contribution in [1.29, 1.82) is 0 Å². The first-order valence-electron chi connectivity index (χ1n) is 6.87. The molecular weight excluding hydrogens is 397 g/mol. The number of rotatable bonds is 3. The first kappa shape index (κ1) is 17.8. The number of para-hydroxylation sites is 1. The molecule has 0 fully saturated rings. The molecule has 0 saturated heterocycles. The Labute approximate surface area is 155 Å². The molecular formula is C15H9Cl3F2N4O. The van der Waals surface area contributed by atoms with Crippen LogP contribution in [-0.2, 0) is 5.38 Å². The normalized spacial score (nSPS) is 11.8. The molecule has 25 heavy (non-hydrogen) atoms. The van der Waals surface area contributed by atoms with Crippen molar-refractivity contribution < 1.29 is 13.6 Å². The number of fused-ring (bicyclic) bond motifs is 1. The van der Waals surface area contributed by atoms with Gasteiger partial charge in [-0.15, -0.1) is 0 Å². The van der Waals surface area contributed by atoms with Crippen molar-refractivity contribution in [1.82, 2.24) is 14.6 Å². The standard InChI is InChI=1S/C15H9Cl3F2N4O/c1-7-5-11(15(18,19)20)24-12(21-7)6-10(23-24)14(25)22-13-8(16)3-2-4-9(13)17/h2-6H,1H3,(H,22,25). The molecule has 130 valence electrons. The Kier molecular flexibility index (Phi) is 4.57. The van der Waals surface area contributed by atoms with Crippen molar-refractivity contribution in [2.45, 2.75) is 12.3 Å². The molecule has 0 radical (unpaired) electrons. The second-order valence-electron chi connectivity index (χ2n) is 5.13. The van der Waals surface area contributed by atoms with Crippen LogP contribution in [0, 0.1) is 6.92 Å². The Hall–Kier alpha value is -1.96. The summed E-state index contributed by atoms with van der Waals surface area (Å²) in [4.78, 5) is 16.5. The highest BCUT2D eigenvalue weighted by Gasteiger charge is 2.32. The summed E-state index contributed by atoms with van der Waals surface area (Å²) in [5.41, 5.74) is -0.169. The number of amides is 1. The third kappa shape index (κ3) is 3.53. The van der Waals surface area contributed by atoms with Crippen molar-refractivity contribution in [2.75, 3.05) is 5.32 Å². The molecule has 0 aliphatic rings. The summed E-state index contributed by atoms with van der Waals surface area (Å²) in [6, 6.07) is 7.07. The van der Waals surface area contributed by atoms with Gasteiger partial charge in [0.25, 0.3) is 5.91 Å². The molecule has 1 amide bonds. The zero-order valence-electron chi connectivity index (χ0n) is 12.5. The maximum absolute atomic E-state index is 13.6. The highest BCUT2D eigenvalue weighted by atomic mass is 35.5. The second-order valence-corrected chi connectivity index (χ2v) is 6.42. The number of nitrogens with zero attached hydrogens (tertiary/aromatic N) is 3. The number of carbonyl (C=O) groups is 1. The van der Waals surface area contributed by atoms with Crippen molar-refractivity contribution in [3.8, 4) is 0 Å². The molecule has 0 spiro atoms. The van der Waals surface area contributed by atoms with Gasteiger partial charge in [-0.05, 0) is 36.7 Å². The number of nitrogens with one attached hydrogen (secondary N) is 1. The van der Waals surface area contributed by atoms with Gasteiger partial charge in [-0.25, -0.2) is 9.50 Å². The number of halogens is 5. The number of benzene rings is 1. The molecule has 0 aliphatic carbocycles. The summed E-state index contributed by atoms with van der Waals surface area (Å²) in [7, 11) is 0. The molecule has 1 aromatic carbocycles. The van der Waals surface area contributed by atoms with E-state index < -0.39 is 17.0 Å². The Morgan fingerprint density at radius 1 is 1.24 bits per heavy atom. The fourth-order valence-electron chi connectivity index (χ4n) is 2.21. The maximum Gasteiger partial charge on any atom is 0.364 e. The minimum absolute atomic E-state index is 0.0609. The van der Waals surface area contributed by atoms with E-state index in [1.165, 1.54) is 13.0 Å². The molecule has 2 aromatic heterocycles. The van der Waals surface area contributed by atoms with E-state index in [4.69, 9.17) is 34.8 Å². The second kappa shape index (κ2) is 6.40. The van der Waals surface area contributed by atoms with E-state index in [0.29, 0.717) is 5.69 Å². The van der Waals surface area contributed by atoms with Gasteiger partial charge in [0.2, 0.25) is 0 Å². The highest BCUT2D eigenvalue weighted by molar-refractivity contribution is 6.40. The predicted octanol–water partition coefficient (Wildman–Crippen LogP) is 4.88. The highest BCUT2D eigenvalue weighted by Crippen LogP contribution is 2.33. The van der Waals surface area contributed by atoms with Gasteiger partial charge in [-0.1, -0.05) is 29.3 Å². The summed E-state index contributed by atoms with van der Waals surface area (Å²) < 4.78 is 28.0. The first-order valence-corrected chi connectivity index (χ1v) is 8.00. The Morgan fingerprint density at radius 2 is 1.88 bits per heavy atom. The van der Waals surface area contributed by atoms with Gasteiger partial charge in [0, 0.05) is 11.8 Å². The molecule has 3 aromatic rings. The molecule has 0 unspecified atom stereocenters. The van der Waals surface area contributed by atoms with E-state index in [9.17, 15) is 13.6 Å². The van der Waals surface area contributed by atoms with Crippen molar-refractivity contribution >= 4 is 52.0 Å². The van der Waals surface area contributed by atoms with E-state index >= 15 is 0 Å². The van der Waals surface area contributed by atoms with Crippen LogP contribution in [0.15, 0.2) is 30.3 Å². The van der Waals surface area contributed by atoms with Gasteiger partial charge in [0.1, 0.15) is 5.69 Å². The summed E-state index contributed by atoms with van der Waals surface area (Å²) in [5.74, 6) is -0.679. The Morgan fingerprint density at radius 3 is 2.48 bits per heavy atom. The van der Waals surface area contributed by atoms with Crippen LogP contribution in [0.3, 0.4) is 0 Å². The van der Waals surface area contributed by atoms with Gasteiger partial charge in [0.15, 0.2) is 11.3 Å². The van der Waals surface area contributed by atoms with Crippen molar-refractivity contribution in [3.63, 3.8) is 0 Å². The van der Waals surface area contributed by atoms with E-state index in [1.54, 1.807) is 18.2 Å². The molecule has 10 heteroatoms. The third-order valence-electron chi connectivity index (χ3n) is 3.28. The lowest BCUT2D eigenvalue weighted by Gasteiger charge is -2.10. The molecule has 1 N–H and O–H groups in total. The smallest absolute Gasteiger partial charge is 0.318 e. The van der Waals surface area contributed by atoms with Crippen LogP contribution in [-0.4, -0.2) is 20.5 Å². The van der Waals surface area contributed by atoms with Crippen molar-refractivity contribution in [2.24, 2.45) is 0 Å². The predicted molar refractivity (Wildman–Crippen MR) is 91.9 cm³/mol. The molecule has 0 bridgehead atoms. The topological polar surface area (TPSA) is 59.3 Å². The lowest BCUT2D eigenvalue weighted by atomic mass is 10.3. The average molecular weight is 406 g/mol. The van der Waals surface area contributed by atoms with Crippen LogP contribution in [0.4, 0.5) is 14.5 Å². The van der Waals surface area contributed by atoms with Crippen LogP contribution in [0.1, 0.15) is 21.9 Å².